The van der Waals surface area contributed by atoms with Crippen molar-refractivity contribution in [3.8, 4) is 0 Å². The van der Waals surface area contributed by atoms with E-state index in [0.29, 0.717) is 11.3 Å². The second-order valence-electron chi connectivity index (χ2n) is 5.71. The zero-order valence-corrected chi connectivity index (χ0v) is 10.2. The molecule has 0 saturated carbocycles. The van der Waals surface area contributed by atoms with Crippen LogP contribution in [0.1, 0.15) is 54.4 Å². The Balaban J connectivity index is 3.69. The molecule has 0 bridgehead atoms. The fourth-order valence-corrected chi connectivity index (χ4v) is 1.17. The minimum Gasteiger partial charge on any atom is -0.0857 e. The van der Waals surface area contributed by atoms with Gasteiger partial charge in [-0.15, -0.1) is 0 Å². The Hall–Kier alpha value is -0.260. The Morgan fingerprint density at radius 1 is 1.00 bits per heavy atom. The van der Waals surface area contributed by atoms with Crippen LogP contribution in [0.15, 0.2) is 12.2 Å². The molecule has 0 saturated heterocycles. The van der Waals surface area contributed by atoms with E-state index < -0.39 is 0 Å². The van der Waals surface area contributed by atoms with Crippen LogP contribution < -0.4 is 0 Å². The molecule has 1 unspecified atom stereocenters. The molecule has 0 aliphatic heterocycles. The van der Waals surface area contributed by atoms with Gasteiger partial charge in [-0.1, -0.05) is 53.7 Å². The molecule has 0 nitrogen and oxygen atoms in total. The Morgan fingerprint density at radius 3 is 1.92 bits per heavy atom. The van der Waals surface area contributed by atoms with Gasteiger partial charge in [0, 0.05) is 0 Å². The highest BCUT2D eigenvalue weighted by molar-refractivity contribution is 4.88. The van der Waals surface area contributed by atoms with Crippen LogP contribution >= 0.6 is 0 Å². The first kappa shape index (κ1) is 12.7. The van der Waals surface area contributed by atoms with Crippen molar-refractivity contribution in [2.24, 2.45) is 17.3 Å². The Labute approximate surface area is 84.4 Å². The van der Waals surface area contributed by atoms with Crippen molar-refractivity contribution in [3.05, 3.63) is 12.2 Å². The van der Waals surface area contributed by atoms with Gasteiger partial charge in [0.1, 0.15) is 0 Å². The van der Waals surface area contributed by atoms with Gasteiger partial charge < -0.3 is 0 Å². The molecule has 0 spiro atoms. The van der Waals surface area contributed by atoms with Crippen molar-refractivity contribution < 1.29 is 0 Å². The molecule has 0 aromatic heterocycles. The van der Waals surface area contributed by atoms with Crippen LogP contribution in [0.4, 0.5) is 0 Å². The molecule has 0 radical (unpaired) electrons. The molecule has 0 fully saturated rings. The first-order valence-electron chi connectivity index (χ1n) is 5.49. The van der Waals surface area contributed by atoms with Gasteiger partial charge in [0.15, 0.2) is 0 Å². The van der Waals surface area contributed by atoms with Gasteiger partial charge in [-0.3, -0.25) is 0 Å². The summed E-state index contributed by atoms with van der Waals surface area (Å²) in [7, 11) is 0. The molecule has 0 aromatic rings. The summed E-state index contributed by atoms with van der Waals surface area (Å²) in [4.78, 5) is 0. The van der Waals surface area contributed by atoms with Crippen LogP contribution in [-0.4, -0.2) is 0 Å². The van der Waals surface area contributed by atoms with Gasteiger partial charge in [0.2, 0.25) is 0 Å². The first-order chi connectivity index (χ1) is 5.81. The second kappa shape index (κ2) is 5.47. The molecule has 13 heavy (non-hydrogen) atoms. The average molecular weight is 182 g/mol. The Bertz CT molecular complexity index is 146. The molecule has 0 aliphatic carbocycles. The number of allylic oxidation sites excluding steroid dienone is 2. The fourth-order valence-electron chi connectivity index (χ4n) is 1.17. The number of hydrogen-bond donors (Lipinski definition) is 0. The van der Waals surface area contributed by atoms with E-state index in [1.54, 1.807) is 0 Å². The van der Waals surface area contributed by atoms with E-state index in [0.717, 1.165) is 5.92 Å². The quantitative estimate of drug-likeness (QED) is 0.555. The van der Waals surface area contributed by atoms with Crippen LogP contribution in [-0.2, 0) is 0 Å². The fraction of sp³-hybridized carbons (Fsp3) is 0.846. The van der Waals surface area contributed by atoms with Crippen LogP contribution in [0.3, 0.4) is 0 Å². The highest BCUT2D eigenvalue weighted by Crippen LogP contribution is 2.24. The van der Waals surface area contributed by atoms with E-state index in [2.05, 4.69) is 53.7 Å². The minimum atomic E-state index is 0.486. The lowest BCUT2D eigenvalue weighted by Gasteiger charge is -2.19. The zero-order valence-electron chi connectivity index (χ0n) is 10.2. The lowest BCUT2D eigenvalue weighted by atomic mass is 9.87. The minimum absolute atomic E-state index is 0.486. The topological polar surface area (TPSA) is 0 Å². The summed E-state index contributed by atoms with van der Waals surface area (Å²) < 4.78 is 0. The van der Waals surface area contributed by atoms with Gasteiger partial charge in [-0.25, -0.2) is 0 Å². The van der Waals surface area contributed by atoms with E-state index in [1.807, 2.05) is 0 Å². The lowest BCUT2D eigenvalue weighted by Crippen LogP contribution is -2.06. The summed E-state index contributed by atoms with van der Waals surface area (Å²) in [6.45, 7) is 13.7. The molecule has 0 aromatic carbocycles. The smallest absolute Gasteiger partial charge is 0.0262 e. The molecule has 78 valence electrons. The molecular formula is C13H26. The Kier molecular flexibility index (Phi) is 5.36. The third-order valence-electron chi connectivity index (χ3n) is 2.17. The molecule has 0 rings (SSSR count). The summed E-state index contributed by atoms with van der Waals surface area (Å²) in [5.74, 6) is 1.43. The normalized spacial score (nSPS) is 15.6. The second-order valence-corrected chi connectivity index (χ2v) is 5.71. The van der Waals surface area contributed by atoms with Crippen molar-refractivity contribution in [2.45, 2.75) is 54.4 Å². The van der Waals surface area contributed by atoms with Crippen LogP contribution in [0, 0.1) is 17.3 Å². The van der Waals surface area contributed by atoms with Gasteiger partial charge in [-0.2, -0.15) is 0 Å². The number of hydrogen-bond acceptors (Lipinski definition) is 0. The third-order valence-corrected chi connectivity index (χ3v) is 2.17. The van der Waals surface area contributed by atoms with Crippen molar-refractivity contribution in [3.63, 3.8) is 0 Å². The summed E-state index contributed by atoms with van der Waals surface area (Å²) >= 11 is 0. The van der Waals surface area contributed by atoms with E-state index in [1.165, 1.54) is 12.8 Å². The maximum absolute atomic E-state index is 2.36. The Morgan fingerprint density at radius 2 is 1.54 bits per heavy atom. The van der Waals surface area contributed by atoms with E-state index in [4.69, 9.17) is 0 Å². The molecule has 0 amide bonds. The van der Waals surface area contributed by atoms with Crippen molar-refractivity contribution in [1.82, 2.24) is 0 Å². The van der Waals surface area contributed by atoms with Gasteiger partial charge >= 0.3 is 0 Å². The van der Waals surface area contributed by atoms with E-state index >= 15 is 0 Å². The summed E-state index contributed by atoms with van der Waals surface area (Å²) in [6.07, 6.45) is 7.30. The third kappa shape index (κ3) is 9.66. The molecular weight excluding hydrogens is 156 g/mol. The van der Waals surface area contributed by atoms with E-state index in [-0.39, 0.29) is 0 Å². The molecule has 0 heterocycles. The highest BCUT2D eigenvalue weighted by atomic mass is 14.2. The summed E-state index contributed by atoms with van der Waals surface area (Å²) in [5.41, 5.74) is 0.486. The predicted molar refractivity (Wildman–Crippen MR) is 61.8 cm³/mol. The highest BCUT2D eigenvalue weighted by Gasteiger charge is 2.10. The van der Waals surface area contributed by atoms with Gasteiger partial charge in [0.25, 0.3) is 0 Å². The average Bonchev–Trinajstić information content (AvgIpc) is 1.95. The maximum Gasteiger partial charge on any atom is -0.0262 e. The molecule has 0 aliphatic rings. The van der Waals surface area contributed by atoms with Crippen molar-refractivity contribution in [1.29, 1.82) is 0 Å². The monoisotopic (exact) mass is 182 g/mol. The first-order valence-corrected chi connectivity index (χ1v) is 5.49. The summed E-state index contributed by atoms with van der Waals surface area (Å²) in [5, 5.41) is 0. The zero-order chi connectivity index (χ0) is 10.5. The van der Waals surface area contributed by atoms with Crippen LogP contribution in [0.5, 0.6) is 0 Å². The van der Waals surface area contributed by atoms with Crippen LogP contribution in [0.2, 0.25) is 0 Å². The number of rotatable bonds is 4. The van der Waals surface area contributed by atoms with Gasteiger partial charge in [0.05, 0.1) is 0 Å². The maximum atomic E-state index is 2.36. The SMILES string of the molecule is CC(C)/C=C/C(C)CCC(C)(C)C. The van der Waals surface area contributed by atoms with E-state index in [9.17, 15) is 0 Å². The van der Waals surface area contributed by atoms with Crippen molar-refractivity contribution in [2.75, 3.05) is 0 Å². The van der Waals surface area contributed by atoms with Crippen LogP contribution in [0.25, 0.3) is 0 Å². The lowest BCUT2D eigenvalue weighted by molar-refractivity contribution is 0.346. The molecule has 0 N–H and O–H groups in total. The molecule has 1 atom stereocenters. The standard InChI is InChI=1S/C13H26/c1-11(2)7-8-12(3)9-10-13(4,5)6/h7-8,11-12H,9-10H2,1-6H3/b8-7+. The summed E-state index contributed by atoms with van der Waals surface area (Å²) in [6, 6.07) is 0. The predicted octanol–water partition coefficient (Wildman–Crippen LogP) is 4.66. The largest absolute Gasteiger partial charge is 0.0857 e. The molecule has 0 heteroatoms. The van der Waals surface area contributed by atoms with Gasteiger partial charge in [-0.05, 0) is 30.1 Å². The van der Waals surface area contributed by atoms with Crippen molar-refractivity contribution >= 4 is 0 Å².